The van der Waals surface area contributed by atoms with E-state index in [1.54, 1.807) is 12.1 Å². The van der Waals surface area contributed by atoms with Crippen LogP contribution in [0.4, 0.5) is 19.1 Å². The number of halogens is 4. The topological polar surface area (TPSA) is 43.8 Å². The zero-order valence-corrected chi connectivity index (χ0v) is 11.3. The number of imidazole rings is 1. The summed E-state index contributed by atoms with van der Waals surface area (Å²) in [5, 5.41) is 0.396. The fourth-order valence-electron chi connectivity index (χ4n) is 2.23. The summed E-state index contributed by atoms with van der Waals surface area (Å²) in [5.74, 6) is -0.0241. The lowest BCUT2D eigenvalue weighted by Gasteiger charge is -2.14. The molecule has 108 valence electrons. The number of hydrogen-bond acceptors (Lipinski definition) is 2. The summed E-state index contributed by atoms with van der Waals surface area (Å²) in [5.41, 5.74) is 5.84. The molecule has 0 unspecified atom stereocenters. The third-order valence-corrected chi connectivity index (χ3v) is 3.33. The van der Waals surface area contributed by atoms with Gasteiger partial charge in [0.15, 0.2) is 0 Å². The van der Waals surface area contributed by atoms with E-state index in [4.69, 9.17) is 17.3 Å². The first-order valence-electron chi connectivity index (χ1n) is 5.98. The lowest BCUT2D eigenvalue weighted by molar-refractivity contribution is -0.137. The number of fused-ring (bicyclic) bond motifs is 1. The van der Waals surface area contributed by atoms with Gasteiger partial charge in [-0.2, -0.15) is 13.2 Å². The number of benzene rings is 2. The van der Waals surface area contributed by atoms with Gasteiger partial charge in [-0.1, -0.05) is 23.7 Å². The number of hydrogen-bond donors (Lipinski definition) is 1. The highest BCUT2D eigenvalue weighted by Crippen LogP contribution is 2.36. The average Bonchev–Trinajstić information content (AvgIpc) is 2.73. The number of rotatable bonds is 1. The van der Waals surface area contributed by atoms with Gasteiger partial charge in [0.2, 0.25) is 5.95 Å². The molecular weight excluding hydrogens is 303 g/mol. The van der Waals surface area contributed by atoms with Crippen molar-refractivity contribution in [1.82, 2.24) is 9.55 Å². The van der Waals surface area contributed by atoms with Crippen LogP contribution in [0.5, 0.6) is 0 Å². The van der Waals surface area contributed by atoms with Crippen molar-refractivity contribution < 1.29 is 13.2 Å². The second-order valence-corrected chi connectivity index (χ2v) is 4.89. The highest BCUT2D eigenvalue weighted by atomic mass is 35.5. The summed E-state index contributed by atoms with van der Waals surface area (Å²) < 4.78 is 40.7. The Kier molecular flexibility index (Phi) is 3.06. The monoisotopic (exact) mass is 311 g/mol. The van der Waals surface area contributed by atoms with Crippen molar-refractivity contribution in [2.24, 2.45) is 0 Å². The maximum atomic E-state index is 13.2. The van der Waals surface area contributed by atoms with E-state index in [-0.39, 0.29) is 11.6 Å². The molecule has 21 heavy (non-hydrogen) atoms. The number of nitrogens with two attached hydrogens (primary N) is 1. The van der Waals surface area contributed by atoms with Crippen molar-refractivity contribution in [2.75, 3.05) is 5.73 Å². The van der Waals surface area contributed by atoms with Gasteiger partial charge in [-0.05, 0) is 30.3 Å². The molecule has 0 spiro atoms. The van der Waals surface area contributed by atoms with Gasteiger partial charge in [0, 0.05) is 5.02 Å². The number of nitrogen functional groups attached to an aromatic ring is 1. The predicted octanol–water partition coefficient (Wildman–Crippen LogP) is 4.28. The molecule has 0 atom stereocenters. The SMILES string of the molecule is Nc1nc2ccc(Cl)cc2n1-c1ccccc1C(F)(F)F. The van der Waals surface area contributed by atoms with Crippen molar-refractivity contribution in [1.29, 1.82) is 0 Å². The molecule has 1 aromatic heterocycles. The third kappa shape index (κ3) is 2.31. The van der Waals surface area contributed by atoms with E-state index in [1.165, 1.54) is 28.8 Å². The van der Waals surface area contributed by atoms with E-state index >= 15 is 0 Å². The first kappa shape index (κ1) is 13.8. The smallest absolute Gasteiger partial charge is 0.369 e. The maximum absolute atomic E-state index is 13.2. The fourth-order valence-corrected chi connectivity index (χ4v) is 2.39. The fraction of sp³-hybridized carbons (Fsp3) is 0.0714. The summed E-state index contributed by atoms with van der Waals surface area (Å²) in [7, 11) is 0. The second kappa shape index (κ2) is 4.66. The van der Waals surface area contributed by atoms with Gasteiger partial charge in [-0.3, -0.25) is 4.57 Å². The summed E-state index contributed by atoms with van der Waals surface area (Å²) in [6, 6.07) is 9.95. The second-order valence-electron chi connectivity index (χ2n) is 4.45. The lowest BCUT2D eigenvalue weighted by atomic mass is 10.1. The molecule has 0 fully saturated rings. The van der Waals surface area contributed by atoms with Crippen LogP contribution in [0.2, 0.25) is 5.02 Å². The Morgan fingerprint density at radius 3 is 2.52 bits per heavy atom. The molecule has 2 N–H and O–H groups in total. The van der Waals surface area contributed by atoms with Crippen molar-refractivity contribution in [3.05, 3.63) is 53.1 Å². The Balaban J connectivity index is 2.36. The van der Waals surface area contributed by atoms with Crippen molar-refractivity contribution >= 4 is 28.6 Å². The highest BCUT2D eigenvalue weighted by Gasteiger charge is 2.34. The van der Waals surface area contributed by atoms with E-state index in [0.29, 0.717) is 16.1 Å². The summed E-state index contributed by atoms with van der Waals surface area (Å²) in [4.78, 5) is 4.07. The molecule has 3 aromatic rings. The summed E-state index contributed by atoms with van der Waals surface area (Å²) in [6.07, 6.45) is -4.49. The Morgan fingerprint density at radius 2 is 1.81 bits per heavy atom. The quantitative estimate of drug-likeness (QED) is 0.729. The molecule has 0 aliphatic carbocycles. The first-order chi connectivity index (χ1) is 9.88. The van der Waals surface area contributed by atoms with E-state index in [2.05, 4.69) is 4.98 Å². The average molecular weight is 312 g/mol. The lowest BCUT2D eigenvalue weighted by Crippen LogP contribution is -2.12. The summed E-state index contributed by atoms with van der Waals surface area (Å²) in [6.45, 7) is 0. The number of para-hydroxylation sites is 1. The molecule has 7 heteroatoms. The largest absolute Gasteiger partial charge is 0.418 e. The molecule has 0 saturated carbocycles. The Hall–Kier alpha value is -2.21. The summed E-state index contributed by atoms with van der Waals surface area (Å²) >= 11 is 5.91. The minimum atomic E-state index is -4.49. The third-order valence-electron chi connectivity index (χ3n) is 3.09. The van der Waals surface area contributed by atoms with Crippen molar-refractivity contribution in [2.45, 2.75) is 6.18 Å². The molecule has 0 aliphatic rings. The number of nitrogens with zero attached hydrogens (tertiary/aromatic N) is 2. The molecule has 1 heterocycles. The Labute approximate surface area is 122 Å². The van der Waals surface area contributed by atoms with Gasteiger partial charge in [0.25, 0.3) is 0 Å². The van der Waals surface area contributed by atoms with E-state index < -0.39 is 11.7 Å². The minimum absolute atomic E-state index is 0.0241. The van der Waals surface area contributed by atoms with Gasteiger partial charge in [0.1, 0.15) is 0 Å². The molecule has 3 rings (SSSR count). The molecule has 0 radical (unpaired) electrons. The van der Waals surface area contributed by atoms with Crippen molar-refractivity contribution in [3.8, 4) is 5.69 Å². The molecule has 3 nitrogen and oxygen atoms in total. The van der Waals surface area contributed by atoms with Crippen LogP contribution in [0.25, 0.3) is 16.7 Å². The molecule has 0 aliphatic heterocycles. The predicted molar refractivity (Wildman–Crippen MR) is 75.5 cm³/mol. The van der Waals surface area contributed by atoms with Gasteiger partial charge in [-0.15, -0.1) is 0 Å². The van der Waals surface area contributed by atoms with Gasteiger partial charge in [-0.25, -0.2) is 4.98 Å². The normalized spacial score (nSPS) is 12.0. The molecule has 0 bridgehead atoms. The first-order valence-corrected chi connectivity index (χ1v) is 6.36. The zero-order chi connectivity index (χ0) is 15.2. The standard InChI is InChI=1S/C14H9ClF3N3/c15-8-5-6-10-12(7-8)21(13(19)20-10)11-4-2-1-3-9(11)14(16,17)18/h1-7H,(H2,19,20). The van der Waals surface area contributed by atoms with Crippen LogP contribution < -0.4 is 5.73 Å². The van der Waals surface area contributed by atoms with Crippen LogP contribution in [-0.2, 0) is 6.18 Å². The number of alkyl halides is 3. The van der Waals surface area contributed by atoms with Crippen LogP contribution in [-0.4, -0.2) is 9.55 Å². The molecule has 0 saturated heterocycles. The van der Waals surface area contributed by atoms with Crippen molar-refractivity contribution in [3.63, 3.8) is 0 Å². The van der Waals surface area contributed by atoms with E-state index in [9.17, 15) is 13.2 Å². The molecule has 2 aromatic carbocycles. The van der Waals surface area contributed by atoms with Gasteiger partial charge in [0.05, 0.1) is 22.3 Å². The van der Waals surface area contributed by atoms with E-state index in [1.807, 2.05) is 0 Å². The molecule has 0 amide bonds. The minimum Gasteiger partial charge on any atom is -0.369 e. The Morgan fingerprint density at radius 1 is 1.10 bits per heavy atom. The van der Waals surface area contributed by atoms with Crippen LogP contribution in [0.15, 0.2) is 42.5 Å². The van der Waals surface area contributed by atoms with Crippen LogP contribution in [0.1, 0.15) is 5.56 Å². The number of aromatic nitrogens is 2. The highest BCUT2D eigenvalue weighted by molar-refractivity contribution is 6.31. The van der Waals surface area contributed by atoms with Gasteiger partial charge < -0.3 is 5.73 Å². The Bertz CT molecular complexity index is 824. The van der Waals surface area contributed by atoms with Crippen LogP contribution >= 0.6 is 11.6 Å². The van der Waals surface area contributed by atoms with E-state index in [0.717, 1.165) is 6.07 Å². The van der Waals surface area contributed by atoms with Crippen LogP contribution in [0.3, 0.4) is 0 Å². The number of anilines is 1. The van der Waals surface area contributed by atoms with Crippen LogP contribution in [0, 0.1) is 0 Å². The van der Waals surface area contributed by atoms with Gasteiger partial charge >= 0.3 is 6.18 Å². The molecular formula is C14H9ClF3N3. The maximum Gasteiger partial charge on any atom is 0.418 e. The zero-order valence-electron chi connectivity index (χ0n) is 10.5.